The van der Waals surface area contributed by atoms with Crippen LogP contribution in [0.15, 0.2) is 41.3 Å². The fourth-order valence-corrected chi connectivity index (χ4v) is 3.23. The van der Waals surface area contributed by atoms with Gasteiger partial charge in [-0.05, 0) is 35.9 Å². The molecule has 0 saturated carbocycles. The van der Waals surface area contributed by atoms with E-state index < -0.39 is 10.8 Å². The molecule has 0 aromatic heterocycles. The van der Waals surface area contributed by atoms with Crippen molar-refractivity contribution in [1.29, 1.82) is 5.26 Å². The van der Waals surface area contributed by atoms with Crippen LogP contribution in [0, 0.1) is 11.3 Å². The van der Waals surface area contributed by atoms with E-state index >= 15 is 0 Å². The molecule has 0 spiro atoms. The van der Waals surface area contributed by atoms with Gasteiger partial charge in [0, 0.05) is 10.7 Å². The number of rotatable bonds is 4. The summed E-state index contributed by atoms with van der Waals surface area (Å²) in [5.74, 6) is 0.754. The molecule has 0 heterocycles. The monoisotopic (exact) mass is 320 g/mol. The fourth-order valence-electron chi connectivity index (χ4n) is 1.87. The number of nitrogens with zero attached hydrogens (tertiary/aromatic N) is 1. The molecule has 2 rings (SSSR count). The van der Waals surface area contributed by atoms with Crippen LogP contribution in [0.1, 0.15) is 11.1 Å². The van der Waals surface area contributed by atoms with Crippen LogP contribution in [0.25, 0.3) is 0 Å². The minimum Gasteiger partial charge on any atom is -0.495 e. The van der Waals surface area contributed by atoms with Crippen molar-refractivity contribution < 1.29 is 8.95 Å². The van der Waals surface area contributed by atoms with E-state index in [1.807, 2.05) is 6.07 Å². The number of anilines is 1. The van der Waals surface area contributed by atoms with Gasteiger partial charge in [-0.3, -0.25) is 4.21 Å². The van der Waals surface area contributed by atoms with Gasteiger partial charge >= 0.3 is 0 Å². The Hall–Kier alpha value is -2.03. The quantitative estimate of drug-likeness (QED) is 0.878. The molecule has 2 aromatic rings. The molecule has 0 bridgehead atoms. The summed E-state index contributed by atoms with van der Waals surface area (Å²) in [5.41, 5.74) is 7.48. The topological polar surface area (TPSA) is 76.1 Å². The molecule has 0 aliphatic rings. The maximum atomic E-state index is 12.4. The number of benzene rings is 2. The summed E-state index contributed by atoms with van der Waals surface area (Å²) in [5, 5.41) is 9.45. The number of hydrogen-bond donors (Lipinski definition) is 1. The van der Waals surface area contributed by atoms with E-state index in [9.17, 15) is 4.21 Å². The van der Waals surface area contributed by atoms with E-state index in [-0.39, 0.29) is 5.75 Å². The molecule has 1 unspecified atom stereocenters. The number of nitrogens with two attached hydrogens (primary N) is 1. The molecule has 1 atom stereocenters. The number of nitriles is 1. The third-order valence-corrected chi connectivity index (χ3v) is 4.59. The molecule has 0 aliphatic heterocycles. The molecule has 4 nitrogen and oxygen atoms in total. The smallest absolute Gasteiger partial charge is 0.136 e. The lowest BCUT2D eigenvalue weighted by Gasteiger charge is -2.08. The zero-order chi connectivity index (χ0) is 15.4. The maximum absolute atomic E-state index is 12.4. The summed E-state index contributed by atoms with van der Waals surface area (Å²) in [6, 6.07) is 12.0. The van der Waals surface area contributed by atoms with Crippen LogP contribution >= 0.6 is 11.6 Å². The minimum atomic E-state index is -1.30. The van der Waals surface area contributed by atoms with E-state index in [1.54, 1.807) is 36.4 Å². The van der Waals surface area contributed by atoms with Crippen LogP contribution in [-0.2, 0) is 16.6 Å². The first kappa shape index (κ1) is 15.4. The molecular formula is C15H13ClN2O2S. The molecule has 0 aliphatic carbocycles. The first-order chi connectivity index (χ1) is 10.0. The summed E-state index contributed by atoms with van der Waals surface area (Å²) in [7, 11) is 0.199. The average Bonchev–Trinajstić information content (AvgIpc) is 2.46. The lowest BCUT2D eigenvalue weighted by Crippen LogP contribution is -2.01. The Kier molecular flexibility index (Phi) is 4.84. The first-order valence-electron chi connectivity index (χ1n) is 6.05. The van der Waals surface area contributed by atoms with Gasteiger partial charge in [-0.25, -0.2) is 0 Å². The summed E-state index contributed by atoms with van der Waals surface area (Å²) in [6.07, 6.45) is 0. The molecule has 2 N–H and O–H groups in total. The molecule has 0 fully saturated rings. The minimum absolute atomic E-state index is 0.286. The molecule has 21 heavy (non-hydrogen) atoms. The van der Waals surface area contributed by atoms with Gasteiger partial charge in [0.05, 0.1) is 34.1 Å². The Labute approximate surface area is 130 Å². The van der Waals surface area contributed by atoms with Crippen LogP contribution in [0.2, 0.25) is 5.02 Å². The van der Waals surface area contributed by atoms with E-state index in [1.165, 1.54) is 7.11 Å². The number of ether oxygens (including phenoxy) is 1. The average molecular weight is 321 g/mol. The molecule has 0 saturated heterocycles. The second-order valence-corrected chi connectivity index (χ2v) is 6.17. The third kappa shape index (κ3) is 3.54. The van der Waals surface area contributed by atoms with Gasteiger partial charge in [0.15, 0.2) is 0 Å². The van der Waals surface area contributed by atoms with Crippen molar-refractivity contribution in [3.8, 4) is 11.8 Å². The highest BCUT2D eigenvalue weighted by Gasteiger charge is 2.11. The van der Waals surface area contributed by atoms with E-state index in [0.717, 1.165) is 5.56 Å². The number of halogens is 1. The standard InChI is InChI=1S/C15H13ClN2O2S/c1-20-14-6-10(2-3-11(14)8-17)9-21(19)15-5-4-12(16)7-13(15)18/h2-7H,9,18H2,1H3. The lowest BCUT2D eigenvalue weighted by molar-refractivity contribution is 0.413. The predicted octanol–water partition coefficient (Wildman–Crippen LogP) is 3.11. The normalized spacial score (nSPS) is 11.7. The Morgan fingerprint density at radius 1 is 1.33 bits per heavy atom. The fraction of sp³-hybridized carbons (Fsp3) is 0.133. The Morgan fingerprint density at radius 3 is 2.71 bits per heavy atom. The van der Waals surface area contributed by atoms with Crippen molar-refractivity contribution in [3.63, 3.8) is 0 Å². The maximum Gasteiger partial charge on any atom is 0.136 e. The molecule has 6 heteroatoms. The third-order valence-electron chi connectivity index (χ3n) is 2.90. The van der Waals surface area contributed by atoms with Gasteiger partial charge in [0.25, 0.3) is 0 Å². The zero-order valence-corrected chi connectivity index (χ0v) is 12.9. The second-order valence-electron chi connectivity index (χ2n) is 4.32. The van der Waals surface area contributed by atoms with Gasteiger partial charge in [-0.2, -0.15) is 5.26 Å². The van der Waals surface area contributed by atoms with Crippen LogP contribution in [0.3, 0.4) is 0 Å². The molecule has 2 aromatic carbocycles. The van der Waals surface area contributed by atoms with Crippen LogP contribution in [-0.4, -0.2) is 11.3 Å². The van der Waals surface area contributed by atoms with Crippen LogP contribution in [0.5, 0.6) is 5.75 Å². The SMILES string of the molecule is COc1cc(CS(=O)c2ccc(Cl)cc2N)ccc1C#N. The highest BCUT2D eigenvalue weighted by molar-refractivity contribution is 7.84. The first-order valence-corrected chi connectivity index (χ1v) is 7.75. The number of methoxy groups -OCH3 is 1. The van der Waals surface area contributed by atoms with Crippen molar-refractivity contribution in [1.82, 2.24) is 0 Å². The Balaban J connectivity index is 2.26. The van der Waals surface area contributed by atoms with Crippen molar-refractivity contribution in [3.05, 3.63) is 52.5 Å². The summed E-state index contributed by atoms with van der Waals surface area (Å²) < 4.78 is 17.5. The summed E-state index contributed by atoms with van der Waals surface area (Å²) >= 11 is 5.83. The van der Waals surface area contributed by atoms with Gasteiger partial charge in [0.2, 0.25) is 0 Å². The van der Waals surface area contributed by atoms with Gasteiger partial charge in [0.1, 0.15) is 11.8 Å². The van der Waals surface area contributed by atoms with E-state index in [0.29, 0.717) is 26.9 Å². The summed E-state index contributed by atoms with van der Waals surface area (Å²) in [6.45, 7) is 0. The number of hydrogen-bond acceptors (Lipinski definition) is 4. The molecular weight excluding hydrogens is 308 g/mol. The van der Waals surface area contributed by atoms with Crippen molar-refractivity contribution in [2.75, 3.05) is 12.8 Å². The van der Waals surface area contributed by atoms with E-state index in [4.69, 9.17) is 27.3 Å². The van der Waals surface area contributed by atoms with Gasteiger partial charge in [-0.15, -0.1) is 0 Å². The second kappa shape index (κ2) is 6.61. The van der Waals surface area contributed by atoms with Gasteiger partial charge in [-0.1, -0.05) is 17.7 Å². The number of nitrogen functional groups attached to an aromatic ring is 1. The van der Waals surface area contributed by atoms with Crippen molar-refractivity contribution in [2.45, 2.75) is 10.6 Å². The lowest BCUT2D eigenvalue weighted by atomic mass is 10.1. The molecule has 0 amide bonds. The van der Waals surface area contributed by atoms with Gasteiger partial charge < -0.3 is 10.5 Å². The zero-order valence-electron chi connectivity index (χ0n) is 11.3. The summed E-state index contributed by atoms with van der Waals surface area (Å²) in [4.78, 5) is 0.544. The van der Waals surface area contributed by atoms with Crippen LogP contribution < -0.4 is 10.5 Å². The highest BCUT2D eigenvalue weighted by atomic mass is 35.5. The van der Waals surface area contributed by atoms with Crippen molar-refractivity contribution in [2.24, 2.45) is 0 Å². The Bertz CT molecular complexity index is 741. The molecule has 0 radical (unpaired) electrons. The van der Waals surface area contributed by atoms with Crippen LogP contribution in [0.4, 0.5) is 5.69 Å². The predicted molar refractivity (Wildman–Crippen MR) is 83.7 cm³/mol. The largest absolute Gasteiger partial charge is 0.495 e. The Morgan fingerprint density at radius 2 is 2.10 bits per heavy atom. The van der Waals surface area contributed by atoms with Crippen molar-refractivity contribution >= 4 is 28.1 Å². The molecule has 108 valence electrons. The van der Waals surface area contributed by atoms with E-state index in [2.05, 4.69) is 0 Å². The highest BCUT2D eigenvalue weighted by Crippen LogP contribution is 2.25.